The zero-order chi connectivity index (χ0) is 57.8. The molecule has 384 valence electrons. The van der Waals surface area contributed by atoms with Crippen molar-refractivity contribution in [3.8, 4) is 91.3 Å². The number of nitriles is 4. The van der Waals surface area contributed by atoms with Gasteiger partial charge in [-0.15, -0.1) is 0 Å². The summed E-state index contributed by atoms with van der Waals surface area (Å²) in [5.74, 6) is 0. The van der Waals surface area contributed by atoms with E-state index in [-0.39, 0.29) is 28.3 Å². The number of aromatic nitrogens is 2. The van der Waals surface area contributed by atoms with Crippen LogP contribution in [0.2, 0.25) is 0 Å². The Morgan fingerprint density at radius 2 is 0.675 bits per heavy atom. The van der Waals surface area contributed by atoms with E-state index < -0.39 is 11.7 Å². The summed E-state index contributed by atoms with van der Waals surface area (Å²) in [4.78, 5) is 14.4. The summed E-state index contributed by atoms with van der Waals surface area (Å²) < 4.78 is 50.8. The monoisotopic (exact) mass is 1070 g/mol. The topological polar surface area (TPSA) is 122 Å². The van der Waals surface area contributed by atoms with Crippen molar-refractivity contribution in [2.45, 2.75) is 13.1 Å². The average Bonchev–Trinajstić information content (AvgIpc) is 3.14. The van der Waals surface area contributed by atoms with Gasteiger partial charge in [0.05, 0.1) is 89.3 Å². The van der Waals surface area contributed by atoms with E-state index in [0.717, 1.165) is 16.8 Å². The normalized spacial score (nSPS) is 11.0. The quantitative estimate of drug-likeness (QED) is 0.148. The fraction of sp³-hybridized carbons (Fsp3) is 0.0286. The van der Waals surface area contributed by atoms with Crippen LogP contribution in [0.15, 0.2) is 182 Å². The molecule has 2 aromatic heterocycles. The van der Waals surface area contributed by atoms with E-state index in [4.69, 9.17) is 26.3 Å². The molecule has 0 radical (unpaired) electrons. The third-order valence-electron chi connectivity index (χ3n) is 14.9. The number of alkyl halides is 3. The van der Waals surface area contributed by atoms with Gasteiger partial charge >= 0.3 is 6.18 Å². The lowest BCUT2D eigenvalue weighted by Crippen LogP contribution is -2.09. The molecule has 0 bridgehead atoms. The van der Waals surface area contributed by atoms with E-state index in [1.807, 2.05) is 88.0 Å². The van der Waals surface area contributed by atoms with Crippen molar-refractivity contribution in [1.82, 2.24) is 9.13 Å². The van der Waals surface area contributed by atoms with Crippen LogP contribution in [0.5, 0.6) is 0 Å². The van der Waals surface area contributed by atoms with Gasteiger partial charge in [0.1, 0.15) is 0 Å². The first-order valence-corrected chi connectivity index (χ1v) is 25.4. The Labute approximate surface area is 473 Å². The number of rotatable bonds is 7. The van der Waals surface area contributed by atoms with Gasteiger partial charge in [0.2, 0.25) is 0 Å². The minimum atomic E-state index is -4.79. The number of fused-ring (bicyclic) bond motifs is 6. The molecule has 0 spiro atoms. The Morgan fingerprint density at radius 1 is 0.349 bits per heavy atom. The zero-order valence-electron chi connectivity index (χ0n) is 43.4. The molecule has 0 saturated heterocycles. The predicted octanol–water partition coefficient (Wildman–Crippen LogP) is 19.2. The van der Waals surface area contributed by atoms with E-state index in [2.05, 4.69) is 43.7 Å². The van der Waals surface area contributed by atoms with Gasteiger partial charge in [-0.25, -0.2) is 19.4 Å². The van der Waals surface area contributed by atoms with Crippen LogP contribution in [0, 0.1) is 78.5 Å². The minimum absolute atomic E-state index is 0.0794. The molecule has 13 heteroatoms. The van der Waals surface area contributed by atoms with Crippen molar-refractivity contribution in [1.29, 1.82) is 21.0 Å². The number of hydrogen-bond donors (Lipinski definition) is 0. The van der Waals surface area contributed by atoms with Gasteiger partial charge in [-0.05, 0) is 202 Å². The molecule has 10 aromatic carbocycles. The minimum Gasteiger partial charge on any atom is -0.309 e. The molecule has 0 N–H and O–H groups in total. The van der Waals surface area contributed by atoms with Crippen molar-refractivity contribution in [2.75, 3.05) is 0 Å². The van der Waals surface area contributed by atoms with Gasteiger partial charge in [-0.2, -0.15) is 34.2 Å². The van der Waals surface area contributed by atoms with Crippen LogP contribution in [0.25, 0.3) is 130 Å². The summed E-state index contributed by atoms with van der Waals surface area (Å²) in [6, 6.07) is 60.5. The summed E-state index contributed by atoms with van der Waals surface area (Å²) in [6.07, 6.45) is -4.79. The Kier molecular flexibility index (Phi) is 12.4. The van der Waals surface area contributed by atoms with Crippen molar-refractivity contribution in [2.24, 2.45) is 0 Å². The van der Waals surface area contributed by atoms with Gasteiger partial charge in [0, 0.05) is 44.0 Å². The molecule has 0 atom stereocenters. The highest BCUT2D eigenvalue weighted by Crippen LogP contribution is 2.45. The lowest BCUT2D eigenvalue weighted by Gasteiger charge is -2.19. The molecule has 0 amide bonds. The van der Waals surface area contributed by atoms with Crippen molar-refractivity contribution in [3.63, 3.8) is 0 Å². The van der Waals surface area contributed by atoms with E-state index in [1.54, 1.807) is 73.7 Å². The Balaban J connectivity index is 1.08. The molecule has 12 aromatic rings. The number of halogens is 3. The molecule has 0 aliphatic heterocycles. The number of benzene rings is 10. The largest absolute Gasteiger partial charge is 0.417 e. The van der Waals surface area contributed by atoms with Crippen LogP contribution in [-0.4, -0.2) is 9.13 Å². The molecule has 0 aliphatic carbocycles. The van der Waals surface area contributed by atoms with Crippen LogP contribution >= 0.6 is 0 Å². The highest BCUT2D eigenvalue weighted by atomic mass is 19.4. The van der Waals surface area contributed by atoms with E-state index in [0.29, 0.717) is 122 Å². The lowest BCUT2D eigenvalue weighted by atomic mass is 9.94. The fourth-order valence-electron chi connectivity index (χ4n) is 11.1. The summed E-state index contributed by atoms with van der Waals surface area (Å²) in [6.45, 7) is 32.7. The Hall–Kier alpha value is -12.5. The molecule has 12 rings (SSSR count). The first-order valence-electron chi connectivity index (χ1n) is 25.4. The molecule has 10 nitrogen and oxygen atoms in total. The highest BCUT2D eigenvalue weighted by molar-refractivity contribution is 6.13. The molecule has 83 heavy (non-hydrogen) atoms. The van der Waals surface area contributed by atoms with Gasteiger partial charge in [0.15, 0.2) is 22.7 Å². The molecule has 2 heterocycles. The first kappa shape index (κ1) is 51.3. The smallest absolute Gasteiger partial charge is 0.309 e. The van der Waals surface area contributed by atoms with Gasteiger partial charge in [0.25, 0.3) is 0 Å². The van der Waals surface area contributed by atoms with Crippen LogP contribution in [0.4, 0.5) is 35.9 Å². The second-order valence-electron chi connectivity index (χ2n) is 19.8. The summed E-state index contributed by atoms with van der Waals surface area (Å²) in [5, 5.41) is 42.4. The predicted molar refractivity (Wildman–Crippen MR) is 316 cm³/mol. The molecule has 0 unspecified atom stereocenters. The first-order chi connectivity index (χ1) is 40.2. The van der Waals surface area contributed by atoms with E-state index in [9.17, 15) is 21.0 Å². The van der Waals surface area contributed by atoms with E-state index >= 15 is 13.2 Å². The third-order valence-corrected chi connectivity index (χ3v) is 14.9. The molecule has 0 saturated carbocycles. The average molecular weight is 1070 g/mol. The van der Waals surface area contributed by atoms with Crippen LogP contribution in [0.3, 0.4) is 0 Å². The van der Waals surface area contributed by atoms with E-state index in [1.165, 1.54) is 30.3 Å². The molecular formula is C70H33F3N10. The summed E-state index contributed by atoms with van der Waals surface area (Å²) >= 11 is 0. The Morgan fingerprint density at radius 3 is 1.04 bits per heavy atom. The summed E-state index contributed by atoms with van der Waals surface area (Å²) in [5.41, 5.74) is 11.3. The second kappa shape index (κ2) is 20.1. The maximum Gasteiger partial charge on any atom is 0.417 e. The second-order valence-corrected chi connectivity index (χ2v) is 19.8. The zero-order valence-corrected chi connectivity index (χ0v) is 43.4. The molecule has 0 fully saturated rings. The fourth-order valence-corrected chi connectivity index (χ4v) is 11.1. The van der Waals surface area contributed by atoms with Crippen LogP contribution < -0.4 is 0 Å². The van der Waals surface area contributed by atoms with Gasteiger partial charge < -0.3 is 9.13 Å². The lowest BCUT2D eigenvalue weighted by molar-refractivity contribution is -0.137. The van der Waals surface area contributed by atoms with Gasteiger partial charge in [-0.1, -0.05) is 48.5 Å². The van der Waals surface area contributed by atoms with Crippen molar-refractivity contribution < 1.29 is 13.2 Å². The number of nitrogens with zero attached hydrogens (tertiary/aromatic N) is 10. The third kappa shape index (κ3) is 9.01. The van der Waals surface area contributed by atoms with Crippen LogP contribution in [0.1, 0.15) is 33.4 Å². The van der Waals surface area contributed by atoms with Crippen molar-refractivity contribution >= 4 is 66.4 Å². The standard InChI is InChI=1S/C70H33F3N10/c1-40-6-11-57(82-66-14-7-45(49-19-41(36-74)18-42(20-49)37-75)29-61(66)62-30-46(8-15-67(62)82)50-21-43(38-76)23-53(25-50)78-2)34-59(40)60-35-58(12-13-65(60)70(71,72)73)83-68-16-9-47(51-22-44(39-77)24-54(26-51)79-3)31-63(68)64-32-48(10-17-69(64)83)52-27-55(80-4)33-56(28-52)81-5/h6-35H,1H3. The van der Waals surface area contributed by atoms with Gasteiger partial charge in [-0.3, -0.25) is 0 Å². The maximum absolute atomic E-state index is 15.7. The molecule has 0 aliphatic rings. The number of aryl methyl sites for hydroxylation is 1. The number of hydrogen-bond acceptors (Lipinski definition) is 4. The summed E-state index contributed by atoms with van der Waals surface area (Å²) in [7, 11) is 0. The highest BCUT2D eigenvalue weighted by Gasteiger charge is 2.35. The van der Waals surface area contributed by atoms with Crippen molar-refractivity contribution in [3.05, 3.63) is 261 Å². The SMILES string of the molecule is [C-]#[N+]c1cc(C#N)cc(-c2ccc3c(c2)c2cc(-c4cc(C#N)cc(C#N)c4)ccc2n3-c2ccc(C)c(-c3cc(-n4c5ccc(-c6cc(C#N)cc([N+]#[C-])c6)cc5c5cc(-c6cc([N+]#[C-])cc([N+]#[C-])c6)ccc54)ccc3C(F)(F)F)c2)c1. The Bertz CT molecular complexity index is 4820. The molecular weight excluding hydrogens is 1040 g/mol. The maximum atomic E-state index is 15.7. The van der Waals surface area contributed by atoms with Crippen LogP contribution in [-0.2, 0) is 6.18 Å².